The van der Waals surface area contributed by atoms with E-state index in [1.165, 1.54) is 0 Å². The molecule has 4 nitrogen and oxygen atoms in total. The first-order valence-electron chi connectivity index (χ1n) is 6.66. The molecule has 104 valence electrons. The van der Waals surface area contributed by atoms with Gasteiger partial charge in [-0.15, -0.1) is 0 Å². The standard InChI is InChI=1S/C15H22N2O2/c1-11-9-17(10-15(2,3)19-11)14(18)8-12-5-4-6-13(16)7-12/h4-7,11H,8-10,16H2,1-3H3/t11-/m1/s1. The zero-order valence-corrected chi connectivity index (χ0v) is 11.8. The molecule has 19 heavy (non-hydrogen) atoms. The molecule has 0 bridgehead atoms. The third kappa shape index (κ3) is 3.70. The van der Waals surface area contributed by atoms with E-state index in [0.717, 1.165) is 5.56 Å². The second-order valence-electron chi connectivity index (χ2n) is 5.88. The molecule has 0 unspecified atom stereocenters. The van der Waals surface area contributed by atoms with Crippen molar-refractivity contribution in [1.82, 2.24) is 4.90 Å². The van der Waals surface area contributed by atoms with Gasteiger partial charge >= 0.3 is 0 Å². The highest BCUT2D eigenvalue weighted by atomic mass is 16.5. The molecule has 2 rings (SSSR count). The highest BCUT2D eigenvalue weighted by Crippen LogP contribution is 2.21. The minimum absolute atomic E-state index is 0.0774. The molecule has 4 heteroatoms. The smallest absolute Gasteiger partial charge is 0.227 e. The first-order chi connectivity index (χ1) is 8.85. The first kappa shape index (κ1) is 13.9. The van der Waals surface area contributed by atoms with E-state index in [0.29, 0.717) is 25.2 Å². The van der Waals surface area contributed by atoms with Crippen LogP contribution in [-0.2, 0) is 16.0 Å². The molecular weight excluding hydrogens is 240 g/mol. The second kappa shape index (κ2) is 5.21. The number of rotatable bonds is 2. The lowest BCUT2D eigenvalue weighted by Crippen LogP contribution is -2.54. The number of anilines is 1. The summed E-state index contributed by atoms with van der Waals surface area (Å²) in [5, 5.41) is 0. The summed E-state index contributed by atoms with van der Waals surface area (Å²) in [5.74, 6) is 0.133. The summed E-state index contributed by atoms with van der Waals surface area (Å²) in [4.78, 5) is 14.2. The van der Waals surface area contributed by atoms with E-state index in [2.05, 4.69) is 0 Å². The zero-order valence-electron chi connectivity index (χ0n) is 11.8. The summed E-state index contributed by atoms with van der Waals surface area (Å²) in [6.45, 7) is 7.33. The largest absolute Gasteiger partial charge is 0.399 e. The van der Waals surface area contributed by atoms with Crippen molar-refractivity contribution in [3.63, 3.8) is 0 Å². The van der Waals surface area contributed by atoms with Gasteiger partial charge in [0.15, 0.2) is 0 Å². The molecule has 1 heterocycles. The Morgan fingerprint density at radius 2 is 2.26 bits per heavy atom. The Balaban J connectivity index is 2.03. The van der Waals surface area contributed by atoms with Crippen LogP contribution in [0.15, 0.2) is 24.3 Å². The highest BCUT2D eigenvalue weighted by Gasteiger charge is 2.33. The maximum Gasteiger partial charge on any atom is 0.227 e. The molecule has 1 saturated heterocycles. The lowest BCUT2D eigenvalue weighted by atomic mass is 10.0. The quantitative estimate of drug-likeness (QED) is 0.827. The maximum absolute atomic E-state index is 12.3. The van der Waals surface area contributed by atoms with Crippen molar-refractivity contribution in [1.29, 1.82) is 0 Å². The number of nitrogens with two attached hydrogens (primary N) is 1. The highest BCUT2D eigenvalue weighted by molar-refractivity contribution is 5.79. The number of benzene rings is 1. The van der Waals surface area contributed by atoms with Gasteiger partial charge in [-0.1, -0.05) is 12.1 Å². The van der Waals surface area contributed by atoms with Crippen LogP contribution in [0.3, 0.4) is 0 Å². The Hall–Kier alpha value is -1.55. The molecule has 1 aromatic rings. The Labute approximate surface area is 114 Å². The van der Waals surface area contributed by atoms with Crippen LogP contribution < -0.4 is 5.73 Å². The number of hydrogen-bond acceptors (Lipinski definition) is 3. The normalized spacial score (nSPS) is 22.3. The number of amides is 1. The summed E-state index contributed by atoms with van der Waals surface area (Å²) in [5.41, 5.74) is 7.11. The minimum atomic E-state index is -0.275. The SMILES string of the molecule is C[C@@H]1CN(C(=O)Cc2cccc(N)c2)CC(C)(C)O1. The fourth-order valence-corrected chi connectivity index (χ4v) is 2.63. The molecule has 1 amide bonds. The number of hydrogen-bond donors (Lipinski definition) is 1. The van der Waals surface area contributed by atoms with Crippen LogP contribution in [0.1, 0.15) is 26.3 Å². The average Bonchev–Trinajstić information content (AvgIpc) is 2.26. The second-order valence-corrected chi connectivity index (χ2v) is 5.88. The first-order valence-corrected chi connectivity index (χ1v) is 6.66. The fraction of sp³-hybridized carbons (Fsp3) is 0.533. The zero-order chi connectivity index (χ0) is 14.0. The average molecular weight is 262 g/mol. The third-order valence-corrected chi connectivity index (χ3v) is 3.23. The van der Waals surface area contributed by atoms with Crippen molar-refractivity contribution in [2.45, 2.75) is 38.9 Å². The van der Waals surface area contributed by atoms with Crippen molar-refractivity contribution in [3.05, 3.63) is 29.8 Å². The maximum atomic E-state index is 12.3. The summed E-state index contributed by atoms with van der Waals surface area (Å²) in [6, 6.07) is 7.49. The van der Waals surface area contributed by atoms with Crippen LogP contribution in [0.25, 0.3) is 0 Å². The number of nitrogen functional groups attached to an aromatic ring is 1. The molecular formula is C15H22N2O2. The Bertz CT molecular complexity index is 471. The Kier molecular flexibility index (Phi) is 3.80. The van der Waals surface area contributed by atoms with Crippen molar-refractivity contribution < 1.29 is 9.53 Å². The molecule has 1 fully saturated rings. The van der Waals surface area contributed by atoms with Crippen LogP contribution >= 0.6 is 0 Å². The molecule has 2 N–H and O–H groups in total. The molecule has 0 aliphatic carbocycles. The van der Waals surface area contributed by atoms with Gasteiger partial charge in [0.05, 0.1) is 18.1 Å². The monoisotopic (exact) mass is 262 g/mol. The van der Waals surface area contributed by atoms with Gasteiger partial charge in [-0.25, -0.2) is 0 Å². The van der Waals surface area contributed by atoms with Gasteiger partial charge in [0.25, 0.3) is 0 Å². The lowest BCUT2D eigenvalue weighted by molar-refractivity contribution is -0.157. The third-order valence-electron chi connectivity index (χ3n) is 3.23. The van der Waals surface area contributed by atoms with Crippen LogP contribution in [-0.4, -0.2) is 35.6 Å². The van der Waals surface area contributed by atoms with E-state index in [-0.39, 0.29) is 17.6 Å². The molecule has 0 spiro atoms. The van der Waals surface area contributed by atoms with E-state index in [1.807, 2.05) is 49.9 Å². The van der Waals surface area contributed by atoms with Gasteiger partial charge in [-0.05, 0) is 38.5 Å². The van der Waals surface area contributed by atoms with Gasteiger partial charge < -0.3 is 15.4 Å². The van der Waals surface area contributed by atoms with Gasteiger partial charge in [0.1, 0.15) is 0 Å². The summed E-state index contributed by atoms with van der Waals surface area (Å²) in [7, 11) is 0. The summed E-state index contributed by atoms with van der Waals surface area (Å²) < 4.78 is 5.81. The molecule has 0 saturated carbocycles. The number of carbonyl (C=O) groups is 1. The summed E-state index contributed by atoms with van der Waals surface area (Å²) in [6.07, 6.45) is 0.474. The van der Waals surface area contributed by atoms with Crippen LogP contribution in [0, 0.1) is 0 Å². The number of carbonyl (C=O) groups excluding carboxylic acids is 1. The molecule has 1 aliphatic heterocycles. The molecule has 0 aromatic heterocycles. The molecule has 0 radical (unpaired) electrons. The van der Waals surface area contributed by atoms with Gasteiger partial charge in [-0.3, -0.25) is 4.79 Å². The van der Waals surface area contributed by atoms with E-state index in [9.17, 15) is 4.79 Å². The topological polar surface area (TPSA) is 55.6 Å². The van der Waals surface area contributed by atoms with E-state index in [4.69, 9.17) is 10.5 Å². The van der Waals surface area contributed by atoms with Crippen molar-refractivity contribution in [2.24, 2.45) is 0 Å². The predicted molar refractivity (Wildman–Crippen MR) is 75.8 cm³/mol. The fourth-order valence-electron chi connectivity index (χ4n) is 2.63. The number of nitrogens with zero attached hydrogens (tertiary/aromatic N) is 1. The predicted octanol–water partition coefficient (Wildman–Crippen LogP) is 1.84. The van der Waals surface area contributed by atoms with E-state index >= 15 is 0 Å². The van der Waals surface area contributed by atoms with Crippen molar-refractivity contribution >= 4 is 11.6 Å². The number of morpholine rings is 1. The van der Waals surface area contributed by atoms with Crippen molar-refractivity contribution in [3.8, 4) is 0 Å². The minimum Gasteiger partial charge on any atom is -0.399 e. The van der Waals surface area contributed by atoms with E-state index in [1.54, 1.807) is 0 Å². The van der Waals surface area contributed by atoms with Gasteiger partial charge in [0.2, 0.25) is 5.91 Å². The molecule has 1 aliphatic rings. The summed E-state index contributed by atoms with van der Waals surface area (Å²) >= 11 is 0. The van der Waals surface area contributed by atoms with Crippen LogP contribution in [0.4, 0.5) is 5.69 Å². The van der Waals surface area contributed by atoms with Crippen LogP contribution in [0.2, 0.25) is 0 Å². The van der Waals surface area contributed by atoms with Crippen LogP contribution in [0.5, 0.6) is 0 Å². The molecule has 1 aromatic carbocycles. The van der Waals surface area contributed by atoms with Gasteiger partial charge in [0, 0.05) is 18.8 Å². The van der Waals surface area contributed by atoms with Crippen molar-refractivity contribution in [2.75, 3.05) is 18.8 Å². The van der Waals surface area contributed by atoms with E-state index < -0.39 is 0 Å². The van der Waals surface area contributed by atoms with Gasteiger partial charge in [-0.2, -0.15) is 0 Å². The lowest BCUT2D eigenvalue weighted by Gasteiger charge is -2.41. The Morgan fingerprint density at radius 3 is 2.89 bits per heavy atom. The molecule has 1 atom stereocenters. The Morgan fingerprint density at radius 1 is 1.53 bits per heavy atom. The number of ether oxygens (including phenoxy) is 1.